The van der Waals surface area contributed by atoms with Crippen molar-refractivity contribution < 1.29 is 4.74 Å². The van der Waals surface area contributed by atoms with Crippen molar-refractivity contribution in [3.05, 3.63) is 45.8 Å². The van der Waals surface area contributed by atoms with E-state index < -0.39 is 0 Å². The van der Waals surface area contributed by atoms with Crippen LogP contribution in [-0.2, 0) is 13.0 Å². The quantitative estimate of drug-likeness (QED) is 0.869. The molecule has 4 heteroatoms. The lowest BCUT2D eigenvalue weighted by molar-refractivity contribution is 0.309. The number of rotatable bonds is 6. The van der Waals surface area contributed by atoms with Crippen LogP contribution in [0.3, 0.4) is 0 Å². The largest absolute Gasteiger partial charge is 0.477 e. The fourth-order valence-electron chi connectivity index (χ4n) is 1.80. The minimum absolute atomic E-state index is 0.677. The van der Waals surface area contributed by atoms with Gasteiger partial charge >= 0.3 is 0 Å². The van der Waals surface area contributed by atoms with E-state index in [4.69, 9.17) is 4.74 Å². The number of aryl methyl sites for hydroxylation is 1. The van der Waals surface area contributed by atoms with E-state index in [1.807, 2.05) is 20.0 Å². The number of thiophene rings is 1. The van der Waals surface area contributed by atoms with Crippen molar-refractivity contribution in [3.8, 4) is 5.88 Å². The predicted molar refractivity (Wildman–Crippen MR) is 75.3 cm³/mol. The van der Waals surface area contributed by atoms with Crippen molar-refractivity contribution in [1.82, 2.24) is 10.3 Å². The molecule has 0 bridgehead atoms. The molecule has 0 unspecified atom stereocenters. The van der Waals surface area contributed by atoms with Crippen molar-refractivity contribution in [3.63, 3.8) is 0 Å². The van der Waals surface area contributed by atoms with Gasteiger partial charge in [-0.2, -0.15) is 0 Å². The first-order valence-electron chi connectivity index (χ1n) is 6.05. The predicted octanol–water partition coefficient (Wildman–Crippen LogP) is 2.79. The van der Waals surface area contributed by atoms with Gasteiger partial charge in [-0.25, -0.2) is 4.98 Å². The molecule has 96 valence electrons. The van der Waals surface area contributed by atoms with Gasteiger partial charge in [0.15, 0.2) is 0 Å². The van der Waals surface area contributed by atoms with Crippen LogP contribution < -0.4 is 10.1 Å². The Morgan fingerprint density at radius 3 is 3.00 bits per heavy atom. The van der Waals surface area contributed by atoms with Crippen LogP contribution in [0.15, 0.2) is 29.6 Å². The molecule has 0 amide bonds. The van der Waals surface area contributed by atoms with Crippen molar-refractivity contribution in [1.29, 1.82) is 0 Å². The molecule has 0 saturated carbocycles. The highest BCUT2D eigenvalue weighted by molar-refractivity contribution is 7.09. The third-order valence-corrected chi connectivity index (χ3v) is 3.49. The molecule has 2 aromatic rings. The van der Waals surface area contributed by atoms with Gasteiger partial charge in [0.25, 0.3) is 0 Å². The van der Waals surface area contributed by atoms with E-state index in [1.54, 1.807) is 11.3 Å². The van der Waals surface area contributed by atoms with Gasteiger partial charge in [0.1, 0.15) is 0 Å². The van der Waals surface area contributed by atoms with Crippen LogP contribution in [0, 0.1) is 6.92 Å². The first kappa shape index (κ1) is 13.1. The first-order chi connectivity index (χ1) is 8.78. The van der Waals surface area contributed by atoms with Crippen molar-refractivity contribution in [2.24, 2.45) is 0 Å². The summed E-state index contributed by atoms with van der Waals surface area (Å²) in [6, 6.07) is 8.26. The maximum Gasteiger partial charge on any atom is 0.213 e. The molecular weight excluding hydrogens is 244 g/mol. The lowest BCUT2D eigenvalue weighted by Gasteiger charge is -2.08. The van der Waals surface area contributed by atoms with Gasteiger partial charge in [0.05, 0.1) is 6.61 Å². The van der Waals surface area contributed by atoms with Gasteiger partial charge in [-0.1, -0.05) is 6.07 Å². The summed E-state index contributed by atoms with van der Waals surface area (Å²) in [7, 11) is 1.94. The van der Waals surface area contributed by atoms with Gasteiger partial charge in [-0.3, -0.25) is 0 Å². The van der Waals surface area contributed by atoms with Gasteiger partial charge in [-0.15, -0.1) is 11.3 Å². The Morgan fingerprint density at radius 2 is 2.28 bits per heavy atom. The fraction of sp³-hybridized carbons (Fsp3) is 0.357. The highest BCUT2D eigenvalue weighted by Gasteiger charge is 2.01. The summed E-state index contributed by atoms with van der Waals surface area (Å²) >= 11 is 1.76. The average molecular weight is 262 g/mol. The zero-order chi connectivity index (χ0) is 12.8. The normalized spacial score (nSPS) is 10.6. The summed E-state index contributed by atoms with van der Waals surface area (Å²) < 4.78 is 5.71. The Labute approximate surface area is 112 Å². The average Bonchev–Trinajstić information content (AvgIpc) is 2.82. The first-order valence-corrected chi connectivity index (χ1v) is 6.93. The second kappa shape index (κ2) is 6.52. The van der Waals surface area contributed by atoms with E-state index >= 15 is 0 Å². The lowest BCUT2D eigenvalue weighted by atomic mass is 10.2. The minimum Gasteiger partial charge on any atom is -0.477 e. The lowest BCUT2D eigenvalue weighted by Crippen LogP contribution is -2.07. The van der Waals surface area contributed by atoms with Gasteiger partial charge < -0.3 is 10.1 Å². The fourth-order valence-corrected chi connectivity index (χ4v) is 2.49. The molecule has 0 fully saturated rings. The molecule has 0 aliphatic carbocycles. The zero-order valence-electron chi connectivity index (χ0n) is 10.8. The number of pyridine rings is 1. The molecular formula is C14H18N2OS. The zero-order valence-corrected chi connectivity index (χ0v) is 11.6. The topological polar surface area (TPSA) is 34.2 Å². The van der Waals surface area contributed by atoms with Crippen LogP contribution in [0.2, 0.25) is 0 Å². The molecule has 2 rings (SSSR count). The molecule has 0 aliphatic heterocycles. The van der Waals surface area contributed by atoms with Gasteiger partial charge in [-0.05, 0) is 37.0 Å². The molecule has 0 saturated heterocycles. The Kier molecular flexibility index (Phi) is 4.73. The summed E-state index contributed by atoms with van der Waals surface area (Å²) in [6.07, 6.45) is 0.939. The van der Waals surface area contributed by atoms with Gasteiger partial charge in [0.2, 0.25) is 5.88 Å². The summed E-state index contributed by atoms with van der Waals surface area (Å²) in [5.74, 6) is 0.719. The van der Waals surface area contributed by atoms with Crippen LogP contribution in [-0.4, -0.2) is 18.6 Å². The van der Waals surface area contributed by atoms with Crippen molar-refractivity contribution >= 4 is 11.3 Å². The Morgan fingerprint density at radius 1 is 1.39 bits per heavy atom. The molecule has 0 spiro atoms. The summed E-state index contributed by atoms with van der Waals surface area (Å²) in [4.78, 5) is 5.73. The van der Waals surface area contributed by atoms with Gasteiger partial charge in [0, 0.05) is 29.6 Å². The van der Waals surface area contributed by atoms with Crippen LogP contribution in [0.4, 0.5) is 0 Å². The maximum atomic E-state index is 5.71. The van der Waals surface area contributed by atoms with E-state index in [2.05, 4.69) is 33.9 Å². The highest BCUT2D eigenvalue weighted by atomic mass is 32.1. The van der Waals surface area contributed by atoms with E-state index in [-0.39, 0.29) is 0 Å². The summed E-state index contributed by atoms with van der Waals surface area (Å²) in [5, 5.41) is 5.22. The number of ether oxygens (including phenoxy) is 1. The number of aromatic nitrogens is 1. The molecule has 0 aliphatic rings. The van der Waals surface area contributed by atoms with Crippen LogP contribution in [0.25, 0.3) is 0 Å². The summed E-state index contributed by atoms with van der Waals surface area (Å²) in [5.41, 5.74) is 2.20. The van der Waals surface area contributed by atoms with Crippen LogP contribution in [0.1, 0.15) is 16.1 Å². The third kappa shape index (κ3) is 3.82. The molecule has 1 N–H and O–H groups in total. The maximum absolute atomic E-state index is 5.71. The van der Waals surface area contributed by atoms with E-state index in [0.717, 1.165) is 24.5 Å². The summed E-state index contributed by atoms with van der Waals surface area (Å²) in [6.45, 7) is 3.51. The molecule has 3 nitrogen and oxygen atoms in total. The standard InChI is InChI=1S/C14H18N2OS/c1-11-8-12(10-15-2)9-14(16-11)17-6-5-13-4-3-7-18-13/h3-4,7-9,15H,5-6,10H2,1-2H3. The smallest absolute Gasteiger partial charge is 0.213 e. The number of nitrogens with one attached hydrogen (secondary N) is 1. The van der Waals surface area contributed by atoms with Crippen LogP contribution in [0.5, 0.6) is 5.88 Å². The molecule has 18 heavy (non-hydrogen) atoms. The Bertz CT molecular complexity index is 483. The Balaban J connectivity index is 1.92. The molecule has 0 atom stereocenters. The SMILES string of the molecule is CNCc1cc(C)nc(OCCc2cccs2)c1. The number of nitrogens with zero attached hydrogens (tertiary/aromatic N) is 1. The van der Waals surface area contributed by atoms with Crippen molar-refractivity contribution in [2.45, 2.75) is 19.9 Å². The second-order valence-electron chi connectivity index (χ2n) is 4.16. The number of hydrogen-bond acceptors (Lipinski definition) is 4. The second-order valence-corrected chi connectivity index (χ2v) is 5.20. The number of hydrogen-bond donors (Lipinski definition) is 1. The highest BCUT2D eigenvalue weighted by Crippen LogP contribution is 2.14. The van der Waals surface area contributed by atoms with E-state index in [0.29, 0.717) is 6.61 Å². The van der Waals surface area contributed by atoms with E-state index in [9.17, 15) is 0 Å². The van der Waals surface area contributed by atoms with Crippen LogP contribution >= 0.6 is 11.3 Å². The monoisotopic (exact) mass is 262 g/mol. The van der Waals surface area contributed by atoms with Crippen molar-refractivity contribution in [2.75, 3.05) is 13.7 Å². The molecule has 0 aromatic carbocycles. The molecule has 0 radical (unpaired) electrons. The minimum atomic E-state index is 0.677. The molecule has 2 heterocycles. The van der Waals surface area contributed by atoms with E-state index in [1.165, 1.54) is 10.4 Å². The third-order valence-electron chi connectivity index (χ3n) is 2.55. The Hall–Kier alpha value is -1.39. The molecule has 2 aromatic heterocycles.